The Morgan fingerprint density at radius 3 is 2.68 bits per heavy atom. The van der Waals surface area contributed by atoms with Gasteiger partial charge < -0.3 is 9.84 Å². The third kappa shape index (κ3) is 4.12. The third-order valence-corrected chi connectivity index (χ3v) is 4.54. The maximum Gasteiger partial charge on any atom is 0.242 e. The molecule has 0 aromatic heterocycles. The molecule has 0 aliphatic heterocycles. The molecular formula is C11H15ClFNO4S. The van der Waals surface area contributed by atoms with E-state index in [1.165, 1.54) is 14.2 Å². The Labute approximate surface area is 116 Å². The van der Waals surface area contributed by atoms with Crippen LogP contribution in [0.15, 0.2) is 23.1 Å². The van der Waals surface area contributed by atoms with Gasteiger partial charge in [-0.1, -0.05) is 11.6 Å². The first-order valence-electron chi connectivity index (χ1n) is 5.37. The van der Waals surface area contributed by atoms with Crippen LogP contribution in [0.2, 0.25) is 5.02 Å². The van der Waals surface area contributed by atoms with Crippen molar-refractivity contribution in [3.8, 4) is 0 Å². The molecule has 0 saturated carbocycles. The van der Waals surface area contributed by atoms with Crippen LogP contribution in [0.3, 0.4) is 0 Å². The smallest absolute Gasteiger partial charge is 0.242 e. The van der Waals surface area contributed by atoms with E-state index < -0.39 is 21.9 Å². The second kappa shape index (κ2) is 6.62. The molecule has 108 valence electrons. The maximum atomic E-state index is 13.0. The van der Waals surface area contributed by atoms with Gasteiger partial charge in [-0.2, -0.15) is 4.31 Å². The molecule has 1 N–H and O–H groups in total. The number of rotatable bonds is 6. The van der Waals surface area contributed by atoms with E-state index in [-0.39, 0.29) is 23.1 Å². The third-order valence-electron chi connectivity index (χ3n) is 2.43. The molecule has 0 aliphatic rings. The van der Waals surface area contributed by atoms with Crippen LogP contribution in [-0.2, 0) is 14.8 Å². The molecule has 1 unspecified atom stereocenters. The van der Waals surface area contributed by atoms with Gasteiger partial charge in [0.05, 0.1) is 22.6 Å². The lowest BCUT2D eigenvalue weighted by Gasteiger charge is -2.20. The first-order chi connectivity index (χ1) is 8.78. The van der Waals surface area contributed by atoms with Gasteiger partial charge in [-0.3, -0.25) is 0 Å². The number of ether oxygens (including phenoxy) is 1. The van der Waals surface area contributed by atoms with E-state index >= 15 is 0 Å². The normalized spacial score (nSPS) is 13.8. The number of aliphatic hydroxyl groups excluding tert-OH is 1. The summed E-state index contributed by atoms with van der Waals surface area (Å²) in [7, 11) is -1.11. The molecule has 0 bridgehead atoms. The van der Waals surface area contributed by atoms with Crippen LogP contribution < -0.4 is 0 Å². The first kappa shape index (κ1) is 16.3. The van der Waals surface area contributed by atoms with Crippen molar-refractivity contribution in [2.75, 3.05) is 27.3 Å². The van der Waals surface area contributed by atoms with E-state index in [2.05, 4.69) is 0 Å². The lowest BCUT2D eigenvalue weighted by molar-refractivity contribution is 0.0554. The Morgan fingerprint density at radius 1 is 1.53 bits per heavy atom. The van der Waals surface area contributed by atoms with E-state index in [0.29, 0.717) is 0 Å². The molecule has 5 nitrogen and oxygen atoms in total. The number of methoxy groups -OCH3 is 1. The molecule has 8 heteroatoms. The number of nitrogens with zero attached hydrogens (tertiary/aromatic N) is 1. The molecule has 0 spiro atoms. The predicted octanol–water partition coefficient (Wildman–Crippen LogP) is 1.11. The predicted molar refractivity (Wildman–Crippen MR) is 69.1 cm³/mol. The molecule has 1 rings (SSSR count). The van der Waals surface area contributed by atoms with Crippen molar-refractivity contribution in [3.63, 3.8) is 0 Å². The number of benzene rings is 1. The highest BCUT2D eigenvalue weighted by atomic mass is 35.5. The average Bonchev–Trinajstić information content (AvgIpc) is 2.32. The van der Waals surface area contributed by atoms with Crippen molar-refractivity contribution < 1.29 is 22.7 Å². The van der Waals surface area contributed by atoms with Crippen LogP contribution in [0.1, 0.15) is 0 Å². The van der Waals surface area contributed by atoms with Gasteiger partial charge in [-0.05, 0) is 18.2 Å². The minimum Gasteiger partial charge on any atom is -0.389 e. The lowest BCUT2D eigenvalue weighted by Crippen LogP contribution is -2.36. The van der Waals surface area contributed by atoms with Gasteiger partial charge in [0.15, 0.2) is 0 Å². The summed E-state index contributed by atoms with van der Waals surface area (Å²) in [5.41, 5.74) is 0. The van der Waals surface area contributed by atoms with Crippen LogP contribution in [0.25, 0.3) is 0 Å². The summed E-state index contributed by atoms with van der Waals surface area (Å²) in [5, 5.41) is 9.24. The number of aliphatic hydroxyl groups is 1. The average molecular weight is 312 g/mol. The first-order valence-corrected chi connectivity index (χ1v) is 7.19. The fourth-order valence-corrected chi connectivity index (χ4v) is 2.94. The highest BCUT2D eigenvalue weighted by Crippen LogP contribution is 2.21. The van der Waals surface area contributed by atoms with Gasteiger partial charge in [0, 0.05) is 20.7 Å². The number of likely N-dealkylation sites (N-methyl/N-ethyl adjacent to an activating group) is 1. The molecule has 0 radical (unpaired) electrons. The number of sulfonamides is 1. The van der Waals surface area contributed by atoms with Crippen molar-refractivity contribution in [1.82, 2.24) is 4.31 Å². The molecular weight excluding hydrogens is 297 g/mol. The molecule has 1 aromatic carbocycles. The quantitative estimate of drug-likeness (QED) is 0.854. The van der Waals surface area contributed by atoms with Crippen LogP contribution in [0, 0.1) is 5.82 Å². The summed E-state index contributed by atoms with van der Waals surface area (Å²) in [6, 6.07) is 3.13. The molecule has 19 heavy (non-hydrogen) atoms. The van der Waals surface area contributed by atoms with Crippen LogP contribution in [0.5, 0.6) is 0 Å². The fourth-order valence-electron chi connectivity index (χ4n) is 1.46. The monoisotopic (exact) mass is 311 g/mol. The number of hydrogen-bond donors (Lipinski definition) is 1. The Kier molecular flexibility index (Phi) is 5.69. The summed E-state index contributed by atoms with van der Waals surface area (Å²) >= 11 is 5.55. The summed E-state index contributed by atoms with van der Waals surface area (Å²) in [4.78, 5) is -0.133. The zero-order valence-corrected chi connectivity index (χ0v) is 12.1. The largest absolute Gasteiger partial charge is 0.389 e. The molecule has 0 fully saturated rings. The number of hydrogen-bond acceptors (Lipinski definition) is 4. The SMILES string of the molecule is COCC(O)CN(C)S(=O)(=O)c1ccc(F)c(Cl)c1. The van der Waals surface area contributed by atoms with Crippen molar-refractivity contribution in [2.45, 2.75) is 11.0 Å². The fraction of sp³-hybridized carbons (Fsp3) is 0.455. The Bertz CT molecular complexity index is 537. The second-order valence-electron chi connectivity index (χ2n) is 3.97. The Morgan fingerprint density at radius 2 is 2.16 bits per heavy atom. The molecule has 0 aliphatic carbocycles. The summed E-state index contributed by atoms with van der Waals surface area (Å²) in [5.74, 6) is -0.692. The van der Waals surface area contributed by atoms with Crippen molar-refractivity contribution >= 4 is 21.6 Å². The van der Waals surface area contributed by atoms with E-state index in [0.717, 1.165) is 22.5 Å². The summed E-state index contributed by atoms with van der Waals surface area (Å²) in [6.45, 7) is -0.116. The minimum absolute atomic E-state index is 0.0179. The molecule has 1 aromatic rings. The summed E-state index contributed by atoms with van der Waals surface area (Å²) in [6.07, 6.45) is -0.944. The van der Waals surface area contributed by atoms with E-state index in [9.17, 15) is 17.9 Å². The minimum atomic E-state index is -3.82. The van der Waals surface area contributed by atoms with Gasteiger partial charge in [-0.25, -0.2) is 12.8 Å². The topological polar surface area (TPSA) is 66.8 Å². The van der Waals surface area contributed by atoms with Gasteiger partial charge >= 0.3 is 0 Å². The highest BCUT2D eigenvalue weighted by Gasteiger charge is 2.23. The summed E-state index contributed by atoms with van der Waals surface area (Å²) < 4.78 is 42.9. The second-order valence-corrected chi connectivity index (χ2v) is 6.42. The standard InChI is InChI=1S/C11H15ClFNO4S/c1-14(6-8(15)7-18-2)19(16,17)9-3-4-11(13)10(12)5-9/h3-5,8,15H,6-7H2,1-2H3. The maximum absolute atomic E-state index is 13.0. The number of halogens is 2. The van der Waals surface area contributed by atoms with E-state index in [1.807, 2.05) is 0 Å². The molecule has 0 saturated heterocycles. The van der Waals surface area contributed by atoms with Crippen LogP contribution >= 0.6 is 11.6 Å². The van der Waals surface area contributed by atoms with Crippen molar-refractivity contribution in [1.29, 1.82) is 0 Å². The zero-order chi connectivity index (χ0) is 14.6. The van der Waals surface area contributed by atoms with Gasteiger partial charge in [0.2, 0.25) is 10.0 Å². The van der Waals surface area contributed by atoms with E-state index in [4.69, 9.17) is 16.3 Å². The van der Waals surface area contributed by atoms with Gasteiger partial charge in [-0.15, -0.1) is 0 Å². The van der Waals surface area contributed by atoms with Crippen LogP contribution in [-0.4, -0.2) is 51.2 Å². The van der Waals surface area contributed by atoms with Gasteiger partial charge in [0.25, 0.3) is 0 Å². The van der Waals surface area contributed by atoms with Crippen LogP contribution in [0.4, 0.5) is 4.39 Å². The van der Waals surface area contributed by atoms with E-state index in [1.54, 1.807) is 0 Å². The van der Waals surface area contributed by atoms with Crippen molar-refractivity contribution in [2.24, 2.45) is 0 Å². The zero-order valence-electron chi connectivity index (χ0n) is 10.5. The molecule has 1 atom stereocenters. The van der Waals surface area contributed by atoms with Crippen molar-refractivity contribution in [3.05, 3.63) is 29.0 Å². The molecule has 0 heterocycles. The Hall–Kier alpha value is -0.730. The Balaban J connectivity index is 2.93. The molecule has 0 amide bonds. The lowest BCUT2D eigenvalue weighted by atomic mass is 10.3. The van der Waals surface area contributed by atoms with Gasteiger partial charge in [0.1, 0.15) is 5.82 Å². The highest BCUT2D eigenvalue weighted by molar-refractivity contribution is 7.89.